The first-order valence-electron chi connectivity index (χ1n) is 11.3. The molecule has 4 rings (SSSR count). The first-order chi connectivity index (χ1) is 17.7. The van der Waals surface area contributed by atoms with Crippen LogP contribution in [0.1, 0.15) is 36.8 Å². The number of aromatic nitrogens is 3. The van der Waals surface area contributed by atoms with Crippen LogP contribution in [-0.2, 0) is 6.42 Å². The number of rotatable bonds is 8. The van der Waals surface area contributed by atoms with Gasteiger partial charge in [-0.05, 0) is 70.6 Å². The number of nitrogens with zero attached hydrogens (tertiary/aromatic N) is 3. The van der Waals surface area contributed by atoms with E-state index in [1.54, 1.807) is 49.5 Å². The van der Waals surface area contributed by atoms with E-state index in [2.05, 4.69) is 36.2 Å². The van der Waals surface area contributed by atoms with Gasteiger partial charge in [-0.2, -0.15) is 4.90 Å². The van der Waals surface area contributed by atoms with Crippen molar-refractivity contribution < 1.29 is 28.9 Å². The molecule has 4 aromatic rings. The van der Waals surface area contributed by atoms with Crippen LogP contribution in [0.4, 0.5) is 25.5 Å². The zero-order valence-electron chi connectivity index (χ0n) is 19.8. The minimum Gasteiger partial charge on any atom is -0.491 e. The zero-order chi connectivity index (χ0) is 26.7. The number of carbonyl (C=O) groups is 2. The van der Waals surface area contributed by atoms with Gasteiger partial charge in [0.15, 0.2) is 17.4 Å². The van der Waals surface area contributed by atoms with Crippen molar-refractivity contribution in [3.8, 4) is 5.75 Å². The fourth-order valence-corrected chi connectivity index (χ4v) is 4.27. The van der Waals surface area contributed by atoms with Crippen LogP contribution in [0.5, 0.6) is 5.75 Å². The Bertz CT molecular complexity index is 1460. The highest BCUT2D eigenvalue weighted by molar-refractivity contribution is 9.10. The maximum Gasteiger partial charge on any atom is 0.422 e. The molecule has 0 bridgehead atoms. The van der Waals surface area contributed by atoms with Crippen LogP contribution >= 0.6 is 15.9 Å². The van der Waals surface area contributed by atoms with E-state index in [0.29, 0.717) is 45.5 Å². The van der Waals surface area contributed by atoms with Crippen molar-refractivity contribution in [1.29, 1.82) is 0 Å². The third kappa shape index (κ3) is 5.33. The molecule has 2 aromatic heterocycles. The van der Waals surface area contributed by atoms with E-state index in [0.717, 1.165) is 5.56 Å². The first-order valence-corrected chi connectivity index (χ1v) is 12.1. The number of fused-ring (bicyclic) bond motifs is 1. The van der Waals surface area contributed by atoms with Gasteiger partial charge < -0.3 is 25.3 Å². The van der Waals surface area contributed by atoms with Gasteiger partial charge >= 0.3 is 12.2 Å². The number of aryl methyl sites for hydroxylation is 1. The molecule has 0 saturated heterocycles. The molecule has 0 aliphatic carbocycles. The molecule has 37 heavy (non-hydrogen) atoms. The van der Waals surface area contributed by atoms with Gasteiger partial charge in [0, 0.05) is 22.8 Å². The van der Waals surface area contributed by atoms with Crippen LogP contribution < -0.4 is 15.0 Å². The van der Waals surface area contributed by atoms with Crippen molar-refractivity contribution in [1.82, 2.24) is 15.0 Å². The fraction of sp³-hybridized carbons (Fsp3) is 0.200. The Morgan fingerprint density at radius 2 is 1.92 bits per heavy atom. The maximum atomic E-state index is 15.6. The Morgan fingerprint density at radius 3 is 2.54 bits per heavy atom. The maximum absolute atomic E-state index is 15.6. The molecule has 2 amide bonds. The number of imidazole rings is 1. The Labute approximate surface area is 219 Å². The summed E-state index contributed by atoms with van der Waals surface area (Å²) >= 11 is 3.35. The third-order valence-corrected chi connectivity index (χ3v) is 6.04. The number of pyridine rings is 1. The molecule has 10 nitrogen and oxygen atoms in total. The van der Waals surface area contributed by atoms with E-state index >= 15 is 4.39 Å². The topological polar surface area (TPSA) is 141 Å². The van der Waals surface area contributed by atoms with E-state index in [1.165, 1.54) is 6.20 Å². The minimum atomic E-state index is -1.67. The standard InChI is InChI=1S/C25H23BrFN5O5/c1-3-13-9-17(20(27)18(10-13)37-4-2)21(22-29-12-19(26)31-22)30-15-5-6-16-14(11-15)7-8-28-23(16)32(24(33)34)25(35)36/h5-12,21,30H,3-4H2,1-2H3,(H,29,31)(H,33,34)(H,35,36). The van der Waals surface area contributed by atoms with Crippen molar-refractivity contribution in [2.24, 2.45) is 0 Å². The fourth-order valence-electron chi connectivity index (χ4n) is 3.97. The lowest BCUT2D eigenvalue weighted by atomic mass is 9.99. The minimum absolute atomic E-state index is 0.144. The highest BCUT2D eigenvalue weighted by atomic mass is 79.9. The van der Waals surface area contributed by atoms with Gasteiger partial charge in [-0.1, -0.05) is 13.0 Å². The number of imide groups is 1. The van der Waals surface area contributed by atoms with Crippen molar-refractivity contribution in [3.63, 3.8) is 0 Å². The quantitative estimate of drug-likeness (QED) is 0.196. The number of carboxylic acid groups (broad SMARTS) is 2. The lowest BCUT2D eigenvalue weighted by Crippen LogP contribution is -2.35. The van der Waals surface area contributed by atoms with E-state index in [-0.39, 0.29) is 16.5 Å². The Kier molecular flexibility index (Phi) is 7.58. The number of hydrogen-bond acceptors (Lipinski definition) is 6. The molecule has 12 heteroatoms. The summed E-state index contributed by atoms with van der Waals surface area (Å²) in [5.74, 6) is -0.167. The molecule has 1 atom stereocenters. The number of H-pyrrole nitrogens is 1. The number of ether oxygens (including phenoxy) is 1. The van der Waals surface area contributed by atoms with Crippen LogP contribution in [-0.4, -0.2) is 44.0 Å². The zero-order valence-corrected chi connectivity index (χ0v) is 21.4. The van der Waals surface area contributed by atoms with Crippen LogP contribution in [0.25, 0.3) is 10.8 Å². The molecule has 0 spiro atoms. The Hall–Kier alpha value is -4.19. The molecular weight excluding hydrogens is 549 g/mol. The molecule has 0 aliphatic rings. The molecule has 0 aliphatic heterocycles. The second-order valence-electron chi connectivity index (χ2n) is 7.95. The van der Waals surface area contributed by atoms with Crippen LogP contribution in [0, 0.1) is 5.82 Å². The van der Waals surface area contributed by atoms with Gasteiger partial charge in [0.25, 0.3) is 0 Å². The predicted octanol–water partition coefficient (Wildman–Crippen LogP) is 6.18. The number of halogens is 2. The van der Waals surface area contributed by atoms with E-state index in [1.807, 2.05) is 6.92 Å². The number of benzene rings is 2. The number of anilines is 2. The van der Waals surface area contributed by atoms with Crippen molar-refractivity contribution in [3.05, 3.63) is 76.2 Å². The highest BCUT2D eigenvalue weighted by Gasteiger charge is 2.27. The lowest BCUT2D eigenvalue weighted by Gasteiger charge is -2.22. The average Bonchev–Trinajstić information content (AvgIpc) is 3.29. The van der Waals surface area contributed by atoms with Crippen LogP contribution in [0.2, 0.25) is 0 Å². The van der Waals surface area contributed by atoms with E-state index in [4.69, 9.17) is 4.74 Å². The largest absolute Gasteiger partial charge is 0.491 e. The van der Waals surface area contributed by atoms with Crippen LogP contribution in [0.3, 0.4) is 0 Å². The first kappa shape index (κ1) is 25.9. The number of aromatic amines is 1. The molecule has 0 fully saturated rings. The van der Waals surface area contributed by atoms with E-state index < -0.39 is 24.0 Å². The summed E-state index contributed by atoms with van der Waals surface area (Å²) in [7, 11) is 0. The number of amides is 2. The molecule has 0 radical (unpaired) electrons. The lowest BCUT2D eigenvalue weighted by molar-refractivity contribution is 0.184. The predicted molar refractivity (Wildman–Crippen MR) is 139 cm³/mol. The molecule has 2 heterocycles. The number of hydrogen-bond donors (Lipinski definition) is 4. The van der Waals surface area contributed by atoms with Gasteiger partial charge in [0.05, 0.1) is 12.8 Å². The second-order valence-corrected chi connectivity index (χ2v) is 8.80. The van der Waals surface area contributed by atoms with Crippen molar-refractivity contribution >= 4 is 50.4 Å². The second kappa shape index (κ2) is 10.8. The summed E-state index contributed by atoms with van der Waals surface area (Å²) < 4.78 is 21.8. The summed E-state index contributed by atoms with van der Waals surface area (Å²) in [6.07, 6.45) is 0.209. The van der Waals surface area contributed by atoms with Gasteiger partial charge in [-0.25, -0.2) is 23.9 Å². The van der Waals surface area contributed by atoms with E-state index in [9.17, 15) is 19.8 Å². The van der Waals surface area contributed by atoms with Gasteiger partial charge in [0.1, 0.15) is 16.5 Å². The average molecular weight is 572 g/mol. The number of nitrogens with one attached hydrogen (secondary N) is 2. The molecule has 0 saturated carbocycles. The molecule has 4 N–H and O–H groups in total. The SMILES string of the molecule is CCOc1cc(CC)cc(C(Nc2ccc3c(N(C(=O)O)C(=O)O)nccc3c2)c2ncc(Br)[nH]2)c1F. The molecule has 192 valence electrons. The Morgan fingerprint density at radius 1 is 1.16 bits per heavy atom. The summed E-state index contributed by atoms with van der Waals surface area (Å²) in [4.78, 5) is 34.6. The highest BCUT2D eigenvalue weighted by Crippen LogP contribution is 2.35. The summed E-state index contributed by atoms with van der Waals surface area (Å²) in [5.41, 5.74) is 1.76. The third-order valence-electron chi connectivity index (χ3n) is 5.63. The van der Waals surface area contributed by atoms with Gasteiger partial charge in [0.2, 0.25) is 0 Å². The Balaban J connectivity index is 1.81. The van der Waals surface area contributed by atoms with Crippen molar-refractivity contribution in [2.75, 3.05) is 16.8 Å². The summed E-state index contributed by atoms with van der Waals surface area (Å²) in [6.45, 7) is 4.05. The smallest absolute Gasteiger partial charge is 0.422 e. The summed E-state index contributed by atoms with van der Waals surface area (Å²) in [6, 6.07) is 9.19. The van der Waals surface area contributed by atoms with Gasteiger partial charge in [-0.15, -0.1) is 0 Å². The molecule has 2 aromatic carbocycles. The molecule has 1 unspecified atom stereocenters. The van der Waals surface area contributed by atoms with Crippen molar-refractivity contribution in [2.45, 2.75) is 26.3 Å². The van der Waals surface area contributed by atoms with Gasteiger partial charge in [-0.3, -0.25) is 0 Å². The summed E-state index contributed by atoms with van der Waals surface area (Å²) in [5, 5.41) is 22.8. The monoisotopic (exact) mass is 571 g/mol. The molecular formula is C25H23BrFN5O5. The normalized spacial score (nSPS) is 11.8. The van der Waals surface area contributed by atoms with Crippen LogP contribution in [0.15, 0.2) is 53.4 Å².